The third-order valence-corrected chi connectivity index (χ3v) is 5.30. The van der Waals surface area contributed by atoms with E-state index >= 15 is 0 Å². The van der Waals surface area contributed by atoms with Crippen molar-refractivity contribution in [3.63, 3.8) is 0 Å². The summed E-state index contributed by atoms with van der Waals surface area (Å²) in [4.78, 5) is 24.5. The van der Waals surface area contributed by atoms with E-state index in [-0.39, 0.29) is 5.78 Å². The van der Waals surface area contributed by atoms with Crippen LogP contribution < -0.4 is 15.2 Å². The first-order chi connectivity index (χ1) is 15.3. The topological polar surface area (TPSA) is 98.8 Å². The van der Waals surface area contributed by atoms with Gasteiger partial charge in [-0.3, -0.25) is 9.59 Å². The molecule has 0 bridgehead atoms. The van der Waals surface area contributed by atoms with Gasteiger partial charge in [0.05, 0.1) is 7.11 Å². The number of hydrogen-bond donors (Lipinski definition) is 2. The average molecular weight is 434 g/mol. The number of ether oxygens (including phenoxy) is 2. The first-order valence-electron chi connectivity index (χ1n) is 10.4. The lowest BCUT2D eigenvalue weighted by molar-refractivity contribution is -0.135. The van der Waals surface area contributed by atoms with Crippen LogP contribution in [0.4, 0.5) is 0 Å². The zero-order valence-corrected chi connectivity index (χ0v) is 18.4. The monoisotopic (exact) mass is 433 g/mol. The Morgan fingerprint density at radius 3 is 2.28 bits per heavy atom. The van der Waals surface area contributed by atoms with E-state index in [1.54, 1.807) is 67.8 Å². The van der Waals surface area contributed by atoms with Gasteiger partial charge in [-0.15, -0.1) is 0 Å². The van der Waals surface area contributed by atoms with Crippen LogP contribution in [0.3, 0.4) is 0 Å². The molecule has 0 saturated carbocycles. The molecule has 0 unspecified atom stereocenters. The summed E-state index contributed by atoms with van der Waals surface area (Å²) in [7, 11) is 1.58. The number of aryl methyl sites for hydroxylation is 1. The van der Waals surface area contributed by atoms with Gasteiger partial charge in [0.2, 0.25) is 0 Å². The number of methoxy groups -OCH3 is 1. The molecule has 1 atom stereocenters. The highest BCUT2D eigenvalue weighted by Gasteiger charge is 2.30. The Kier molecular flexibility index (Phi) is 6.95. The van der Waals surface area contributed by atoms with Crippen molar-refractivity contribution < 1.29 is 24.2 Å². The van der Waals surface area contributed by atoms with Crippen LogP contribution >= 0.6 is 0 Å². The number of carbonyl (C=O) groups is 2. The van der Waals surface area contributed by atoms with Crippen LogP contribution in [-0.2, 0) is 16.8 Å². The summed E-state index contributed by atoms with van der Waals surface area (Å²) in [5.74, 6) is 0.817. The first kappa shape index (κ1) is 23.0. The summed E-state index contributed by atoms with van der Waals surface area (Å²) < 4.78 is 11.2. The standard InChI is InChI=1S/C26H27NO5/c1-4-6-18-15-19(24(28)17-9-12-21(31-3)13-10-17)11-14-23(18)32-22-8-5-7-20(16-22)26(2,30)25(27)29/h5,7-16,30H,4,6H2,1-3H3,(H2,27,29)/t26-/m0/s1. The van der Waals surface area contributed by atoms with Crippen molar-refractivity contribution in [2.45, 2.75) is 32.3 Å². The van der Waals surface area contributed by atoms with Gasteiger partial charge in [0.1, 0.15) is 17.2 Å². The summed E-state index contributed by atoms with van der Waals surface area (Å²) >= 11 is 0. The highest BCUT2D eigenvalue weighted by Crippen LogP contribution is 2.31. The Morgan fingerprint density at radius 1 is 0.969 bits per heavy atom. The fourth-order valence-electron chi connectivity index (χ4n) is 3.33. The molecule has 3 aromatic rings. The van der Waals surface area contributed by atoms with Crippen LogP contribution in [0.25, 0.3) is 0 Å². The number of amides is 1. The summed E-state index contributed by atoms with van der Waals surface area (Å²) in [6.07, 6.45) is 1.59. The maximum Gasteiger partial charge on any atom is 0.253 e. The van der Waals surface area contributed by atoms with Crippen LogP contribution in [0.15, 0.2) is 66.7 Å². The molecule has 3 aromatic carbocycles. The van der Waals surface area contributed by atoms with Gasteiger partial charge in [-0.2, -0.15) is 0 Å². The van der Waals surface area contributed by atoms with E-state index in [4.69, 9.17) is 15.2 Å². The van der Waals surface area contributed by atoms with E-state index in [1.165, 1.54) is 6.92 Å². The lowest BCUT2D eigenvalue weighted by Crippen LogP contribution is -2.38. The van der Waals surface area contributed by atoms with Crippen LogP contribution in [0, 0.1) is 0 Å². The minimum atomic E-state index is -1.81. The summed E-state index contributed by atoms with van der Waals surface area (Å²) in [6, 6.07) is 18.9. The Bertz CT molecular complexity index is 1120. The quantitative estimate of drug-likeness (QED) is 0.489. The van der Waals surface area contributed by atoms with E-state index < -0.39 is 11.5 Å². The van der Waals surface area contributed by atoms with Gasteiger partial charge in [-0.1, -0.05) is 25.5 Å². The van der Waals surface area contributed by atoms with Gasteiger partial charge in [-0.05, 0) is 79.1 Å². The lowest BCUT2D eigenvalue weighted by Gasteiger charge is -2.20. The van der Waals surface area contributed by atoms with E-state index in [1.807, 2.05) is 13.0 Å². The number of benzene rings is 3. The van der Waals surface area contributed by atoms with Gasteiger partial charge >= 0.3 is 0 Å². The maximum absolute atomic E-state index is 12.9. The molecule has 0 fully saturated rings. The van der Waals surface area contributed by atoms with Gasteiger partial charge < -0.3 is 20.3 Å². The van der Waals surface area contributed by atoms with Gasteiger partial charge in [0, 0.05) is 11.1 Å². The number of ketones is 1. The Balaban J connectivity index is 1.90. The molecule has 0 aliphatic heterocycles. The SMILES string of the molecule is CCCc1cc(C(=O)c2ccc(OC)cc2)ccc1Oc1cccc([C@](C)(O)C(N)=O)c1. The molecular weight excluding hydrogens is 406 g/mol. The number of hydrogen-bond acceptors (Lipinski definition) is 5. The second kappa shape index (κ2) is 9.66. The molecule has 32 heavy (non-hydrogen) atoms. The molecule has 0 aromatic heterocycles. The van der Waals surface area contributed by atoms with Crippen molar-refractivity contribution in [1.82, 2.24) is 0 Å². The molecule has 6 nitrogen and oxygen atoms in total. The number of carbonyl (C=O) groups excluding carboxylic acids is 2. The molecule has 0 spiro atoms. The van der Waals surface area contributed by atoms with Crippen LogP contribution in [-0.4, -0.2) is 23.9 Å². The summed E-state index contributed by atoms with van der Waals surface area (Å²) in [5, 5.41) is 10.4. The Labute approximate surface area is 187 Å². The van der Waals surface area contributed by atoms with Gasteiger partial charge in [-0.25, -0.2) is 0 Å². The molecule has 0 radical (unpaired) electrons. The van der Waals surface area contributed by atoms with Crippen molar-refractivity contribution >= 4 is 11.7 Å². The number of nitrogens with two attached hydrogens (primary N) is 1. The van der Waals surface area contributed by atoms with Gasteiger partial charge in [0.15, 0.2) is 11.4 Å². The average Bonchev–Trinajstić information content (AvgIpc) is 2.80. The van der Waals surface area contributed by atoms with Crippen molar-refractivity contribution in [2.75, 3.05) is 7.11 Å². The molecule has 1 amide bonds. The van der Waals surface area contributed by atoms with Gasteiger partial charge in [0.25, 0.3) is 5.91 Å². The van der Waals surface area contributed by atoms with Crippen molar-refractivity contribution in [2.24, 2.45) is 5.73 Å². The van der Waals surface area contributed by atoms with Crippen LogP contribution in [0.1, 0.15) is 47.3 Å². The summed E-state index contributed by atoms with van der Waals surface area (Å²) in [6.45, 7) is 3.39. The number of primary amides is 1. The molecule has 0 saturated heterocycles. The lowest BCUT2D eigenvalue weighted by atomic mass is 9.95. The Hall–Kier alpha value is -3.64. The smallest absolute Gasteiger partial charge is 0.253 e. The number of aliphatic hydroxyl groups is 1. The van der Waals surface area contributed by atoms with E-state index in [9.17, 15) is 14.7 Å². The maximum atomic E-state index is 12.9. The number of rotatable bonds is 9. The van der Waals surface area contributed by atoms with E-state index in [2.05, 4.69) is 0 Å². The highest BCUT2D eigenvalue weighted by molar-refractivity contribution is 6.09. The fourth-order valence-corrected chi connectivity index (χ4v) is 3.33. The molecule has 0 heterocycles. The minimum Gasteiger partial charge on any atom is -0.497 e. The second-order valence-electron chi connectivity index (χ2n) is 7.70. The largest absolute Gasteiger partial charge is 0.497 e. The molecule has 166 valence electrons. The zero-order chi connectivity index (χ0) is 23.3. The predicted octanol–water partition coefficient (Wildman–Crippen LogP) is 4.36. The molecular formula is C26H27NO5. The zero-order valence-electron chi connectivity index (χ0n) is 18.4. The fraction of sp³-hybridized carbons (Fsp3) is 0.231. The first-order valence-corrected chi connectivity index (χ1v) is 10.4. The van der Waals surface area contributed by atoms with E-state index in [0.29, 0.717) is 33.9 Å². The normalized spacial score (nSPS) is 12.6. The van der Waals surface area contributed by atoms with Crippen molar-refractivity contribution in [3.05, 3.63) is 89.0 Å². The third-order valence-electron chi connectivity index (χ3n) is 5.30. The molecule has 0 aliphatic carbocycles. The van der Waals surface area contributed by atoms with Crippen LogP contribution in [0.5, 0.6) is 17.2 Å². The van der Waals surface area contributed by atoms with Crippen molar-refractivity contribution in [1.29, 1.82) is 0 Å². The highest BCUT2D eigenvalue weighted by atomic mass is 16.5. The summed E-state index contributed by atoms with van der Waals surface area (Å²) in [5.41, 5.74) is 5.87. The molecule has 3 N–H and O–H groups in total. The molecule has 6 heteroatoms. The van der Waals surface area contributed by atoms with Crippen molar-refractivity contribution in [3.8, 4) is 17.2 Å². The second-order valence-corrected chi connectivity index (χ2v) is 7.70. The minimum absolute atomic E-state index is 0.0870. The van der Waals surface area contributed by atoms with E-state index in [0.717, 1.165) is 18.4 Å². The third kappa shape index (κ3) is 4.98. The molecule has 3 rings (SSSR count). The predicted molar refractivity (Wildman–Crippen MR) is 122 cm³/mol. The van der Waals surface area contributed by atoms with Crippen LogP contribution in [0.2, 0.25) is 0 Å². The molecule has 0 aliphatic rings. The Morgan fingerprint density at radius 2 is 1.66 bits per heavy atom.